The van der Waals surface area contributed by atoms with Crippen molar-refractivity contribution in [3.8, 4) is 0 Å². The van der Waals surface area contributed by atoms with E-state index in [0.29, 0.717) is 6.54 Å². The second-order valence-electron chi connectivity index (χ2n) is 6.61. The number of hydrogen-bond donors (Lipinski definition) is 2. The number of urea groups is 1. The van der Waals surface area contributed by atoms with Gasteiger partial charge in [0, 0.05) is 26.6 Å². The van der Waals surface area contributed by atoms with E-state index in [1.165, 1.54) is 12.8 Å². The highest BCUT2D eigenvalue weighted by Crippen LogP contribution is 2.26. The molecule has 0 aromatic carbocycles. The fraction of sp³-hybridized carbons (Fsp3) is 0.938. The normalized spacial score (nSPS) is 33.5. The van der Waals surface area contributed by atoms with Gasteiger partial charge in [0.1, 0.15) is 0 Å². The summed E-state index contributed by atoms with van der Waals surface area (Å²) in [6.45, 7) is 0.636. The number of nitrogens with zero attached hydrogens (tertiary/aromatic N) is 1. The van der Waals surface area contributed by atoms with Crippen LogP contribution in [0.5, 0.6) is 0 Å². The van der Waals surface area contributed by atoms with Crippen molar-refractivity contribution in [1.29, 1.82) is 0 Å². The van der Waals surface area contributed by atoms with Crippen molar-refractivity contribution in [3.63, 3.8) is 0 Å². The number of carbonyl (C=O) groups is 1. The summed E-state index contributed by atoms with van der Waals surface area (Å²) in [6.07, 6.45) is 8.39. The van der Waals surface area contributed by atoms with Crippen LogP contribution in [0, 0.1) is 5.92 Å². The van der Waals surface area contributed by atoms with Crippen LogP contribution in [0.3, 0.4) is 0 Å². The third kappa shape index (κ3) is 4.58. The fourth-order valence-corrected chi connectivity index (χ4v) is 3.65. The van der Waals surface area contributed by atoms with Crippen molar-refractivity contribution in [2.75, 3.05) is 20.7 Å². The number of nitrogens with one attached hydrogen (secondary N) is 1. The minimum atomic E-state index is -0.246. The quantitative estimate of drug-likeness (QED) is 0.782. The molecular formula is C16H30N2O3. The zero-order valence-electron chi connectivity index (χ0n) is 13.4. The van der Waals surface area contributed by atoms with Crippen LogP contribution >= 0.6 is 0 Å². The van der Waals surface area contributed by atoms with Gasteiger partial charge in [-0.05, 0) is 25.7 Å². The van der Waals surface area contributed by atoms with E-state index in [2.05, 4.69) is 5.32 Å². The van der Waals surface area contributed by atoms with E-state index in [1.807, 2.05) is 7.05 Å². The van der Waals surface area contributed by atoms with E-state index in [-0.39, 0.29) is 30.2 Å². The van der Waals surface area contributed by atoms with Gasteiger partial charge in [-0.1, -0.05) is 25.7 Å². The monoisotopic (exact) mass is 298 g/mol. The SMILES string of the molecule is CO[C@@H]1CCCCC[C@@H]1NC(=O)N(C)C[C@@H]1CCC[C@H]1O. The Morgan fingerprint density at radius 1 is 1.19 bits per heavy atom. The largest absolute Gasteiger partial charge is 0.393 e. The molecule has 0 spiro atoms. The Morgan fingerprint density at radius 3 is 2.62 bits per heavy atom. The van der Waals surface area contributed by atoms with Gasteiger partial charge in [-0.2, -0.15) is 0 Å². The molecule has 0 radical (unpaired) electrons. The van der Waals surface area contributed by atoms with Crippen LogP contribution in [-0.2, 0) is 4.74 Å². The standard InChI is InChI=1S/C16H30N2O3/c1-18(11-12-7-6-9-14(12)19)16(20)17-13-8-4-3-5-10-15(13)21-2/h12-15,19H,3-11H2,1-2H3,(H,17,20)/t12-,13-,14+,15+/m0/s1. The molecule has 2 aliphatic rings. The molecule has 0 aromatic rings. The molecule has 21 heavy (non-hydrogen) atoms. The molecule has 0 saturated heterocycles. The van der Waals surface area contributed by atoms with Crippen molar-refractivity contribution in [1.82, 2.24) is 10.2 Å². The minimum absolute atomic E-state index is 0.0388. The van der Waals surface area contributed by atoms with Gasteiger partial charge in [0.15, 0.2) is 0 Å². The van der Waals surface area contributed by atoms with E-state index in [1.54, 1.807) is 12.0 Å². The smallest absolute Gasteiger partial charge is 0.317 e. The summed E-state index contributed by atoms with van der Waals surface area (Å²) in [7, 11) is 3.55. The molecule has 0 heterocycles. The number of methoxy groups -OCH3 is 1. The summed E-state index contributed by atoms with van der Waals surface area (Å²) in [4.78, 5) is 14.1. The molecule has 2 rings (SSSR count). The van der Waals surface area contributed by atoms with Gasteiger partial charge < -0.3 is 20.1 Å². The number of carbonyl (C=O) groups excluding carboxylic acids is 1. The Bertz CT molecular complexity index is 337. The van der Waals surface area contributed by atoms with Crippen molar-refractivity contribution < 1.29 is 14.6 Å². The zero-order chi connectivity index (χ0) is 15.2. The third-order valence-electron chi connectivity index (χ3n) is 5.04. The van der Waals surface area contributed by atoms with E-state index < -0.39 is 0 Å². The number of aliphatic hydroxyl groups excluding tert-OH is 1. The summed E-state index contributed by atoms with van der Waals surface area (Å²) in [5.41, 5.74) is 0. The van der Waals surface area contributed by atoms with Gasteiger partial charge in [-0.25, -0.2) is 4.79 Å². The van der Waals surface area contributed by atoms with E-state index in [0.717, 1.165) is 38.5 Å². The number of amides is 2. The van der Waals surface area contributed by atoms with Crippen LogP contribution in [0.1, 0.15) is 51.4 Å². The molecule has 0 bridgehead atoms. The second kappa shape index (κ2) is 7.99. The summed E-state index contributed by atoms with van der Waals surface area (Å²) in [5.74, 6) is 0.230. The van der Waals surface area contributed by atoms with Crippen molar-refractivity contribution in [3.05, 3.63) is 0 Å². The minimum Gasteiger partial charge on any atom is -0.393 e. The van der Waals surface area contributed by atoms with Crippen LogP contribution in [0.25, 0.3) is 0 Å². The Labute approximate surface area is 128 Å². The van der Waals surface area contributed by atoms with E-state index >= 15 is 0 Å². The first-order valence-corrected chi connectivity index (χ1v) is 8.34. The molecule has 2 fully saturated rings. The molecule has 2 aliphatic carbocycles. The lowest BCUT2D eigenvalue weighted by Gasteiger charge is -2.29. The van der Waals surface area contributed by atoms with Gasteiger partial charge in [0.2, 0.25) is 0 Å². The maximum atomic E-state index is 12.4. The maximum absolute atomic E-state index is 12.4. The highest BCUT2D eigenvalue weighted by molar-refractivity contribution is 5.74. The highest BCUT2D eigenvalue weighted by Gasteiger charge is 2.29. The van der Waals surface area contributed by atoms with Gasteiger partial charge in [0.05, 0.1) is 18.2 Å². The van der Waals surface area contributed by atoms with Gasteiger partial charge in [-0.15, -0.1) is 0 Å². The molecule has 2 amide bonds. The molecule has 5 nitrogen and oxygen atoms in total. The molecule has 2 N–H and O–H groups in total. The number of ether oxygens (including phenoxy) is 1. The average molecular weight is 298 g/mol. The van der Waals surface area contributed by atoms with E-state index in [4.69, 9.17) is 4.74 Å². The van der Waals surface area contributed by atoms with Crippen LogP contribution < -0.4 is 5.32 Å². The summed E-state index contributed by atoms with van der Waals surface area (Å²) in [5, 5.41) is 13.0. The first kappa shape index (κ1) is 16.6. The lowest BCUT2D eigenvalue weighted by atomic mass is 10.1. The van der Waals surface area contributed by atoms with Crippen molar-refractivity contribution in [2.45, 2.75) is 69.6 Å². The molecule has 122 valence electrons. The molecule has 5 heteroatoms. The number of aliphatic hydroxyl groups is 1. The summed E-state index contributed by atoms with van der Waals surface area (Å²) >= 11 is 0. The lowest BCUT2D eigenvalue weighted by molar-refractivity contribution is 0.0627. The van der Waals surface area contributed by atoms with Crippen LogP contribution in [-0.4, -0.2) is 55.0 Å². The molecule has 2 saturated carbocycles. The summed E-state index contributed by atoms with van der Waals surface area (Å²) < 4.78 is 5.54. The predicted octanol–water partition coefficient (Wildman–Crippen LogP) is 2.14. The Morgan fingerprint density at radius 2 is 1.95 bits per heavy atom. The topological polar surface area (TPSA) is 61.8 Å². The highest BCUT2D eigenvalue weighted by atomic mass is 16.5. The predicted molar refractivity (Wildman–Crippen MR) is 82.2 cm³/mol. The van der Waals surface area contributed by atoms with Crippen LogP contribution in [0.15, 0.2) is 0 Å². The Kier molecular flexibility index (Phi) is 6.30. The van der Waals surface area contributed by atoms with Crippen molar-refractivity contribution >= 4 is 6.03 Å². The van der Waals surface area contributed by atoms with Crippen molar-refractivity contribution in [2.24, 2.45) is 5.92 Å². The maximum Gasteiger partial charge on any atom is 0.317 e. The molecule has 4 atom stereocenters. The average Bonchev–Trinajstić information content (AvgIpc) is 2.74. The summed E-state index contributed by atoms with van der Waals surface area (Å²) in [6, 6.07) is 0.0731. The molecule has 0 aromatic heterocycles. The number of hydrogen-bond acceptors (Lipinski definition) is 3. The molecule has 0 aliphatic heterocycles. The Balaban J connectivity index is 1.83. The van der Waals surface area contributed by atoms with Crippen LogP contribution in [0.2, 0.25) is 0 Å². The second-order valence-corrected chi connectivity index (χ2v) is 6.61. The number of rotatable bonds is 4. The van der Waals surface area contributed by atoms with Gasteiger partial charge in [-0.3, -0.25) is 0 Å². The first-order chi connectivity index (χ1) is 10.1. The molecular weight excluding hydrogens is 268 g/mol. The third-order valence-corrected chi connectivity index (χ3v) is 5.04. The van der Waals surface area contributed by atoms with E-state index in [9.17, 15) is 9.90 Å². The van der Waals surface area contributed by atoms with Gasteiger partial charge >= 0.3 is 6.03 Å². The zero-order valence-corrected chi connectivity index (χ0v) is 13.4. The molecule has 0 unspecified atom stereocenters. The van der Waals surface area contributed by atoms with Gasteiger partial charge in [0.25, 0.3) is 0 Å². The lowest BCUT2D eigenvalue weighted by Crippen LogP contribution is -2.49. The Hall–Kier alpha value is -0.810. The fourth-order valence-electron chi connectivity index (χ4n) is 3.65. The first-order valence-electron chi connectivity index (χ1n) is 8.34. The van der Waals surface area contributed by atoms with Crippen LogP contribution in [0.4, 0.5) is 4.79 Å².